The van der Waals surface area contributed by atoms with E-state index in [1.165, 1.54) is 6.26 Å². The van der Waals surface area contributed by atoms with Crippen molar-refractivity contribution < 1.29 is 13.2 Å². The summed E-state index contributed by atoms with van der Waals surface area (Å²) in [6.07, 6.45) is 1.88. The van der Waals surface area contributed by atoms with Gasteiger partial charge in [0.25, 0.3) is 0 Å². The van der Waals surface area contributed by atoms with Crippen LogP contribution in [0.1, 0.15) is 17.5 Å². The maximum absolute atomic E-state index is 12.5. The van der Waals surface area contributed by atoms with Crippen LogP contribution in [0, 0.1) is 24.2 Å². The molecule has 1 aliphatic rings. The summed E-state index contributed by atoms with van der Waals surface area (Å²) in [5.41, 5.74) is 2.75. The molecule has 1 aromatic rings. The van der Waals surface area contributed by atoms with Crippen molar-refractivity contribution >= 4 is 27.2 Å². The van der Waals surface area contributed by atoms with Crippen molar-refractivity contribution in [3.05, 3.63) is 23.3 Å². The first-order valence-corrected chi connectivity index (χ1v) is 10.1. The average molecular weight is 364 g/mol. The fourth-order valence-corrected chi connectivity index (χ4v) is 4.28. The van der Waals surface area contributed by atoms with Crippen LogP contribution in [0.5, 0.6) is 0 Å². The second kappa shape index (κ2) is 7.31. The first-order chi connectivity index (χ1) is 11.6. The molecule has 136 valence electrons. The Morgan fingerprint density at radius 2 is 2.12 bits per heavy atom. The zero-order valence-corrected chi connectivity index (χ0v) is 15.9. The van der Waals surface area contributed by atoms with E-state index in [4.69, 9.17) is 0 Å². The predicted octanol–water partition coefficient (Wildman–Crippen LogP) is 1.83. The molecule has 0 bridgehead atoms. The van der Waals surface area contributed by atoms with E-state index < -0.39 is 9.84 Å². The second-order valence-corrected chi connectivity index (χ2v) is 9.00. The summed E-state index contributed by atoms with van der Waals surface area (Å²) < 4.78 is 22.8. The van der Waals surface area contributed by atoms with E-state index in [9.17, 15) is 18.5 Å². The molecular weight excluding hydrogens is 340 g/mol. The van der Waals surface area contributed by atoms with E-state index in [-0.39, 0.29) is 17.7 Å². The molecule has 1 aromatic carbocycles. The first-order valence-electron chi connectivity index (χ1n) is 8.06. The minimum atomic E-state index is -3.05. The highest BCUT2D eigenvalue weighted by Gasteiger charge is 2.29. The average Bonchev–Trinajstić information content (AvgIpc) is 2.93. The molecule has 1 saturated heterocycles. The number of urea groups is 1. The van der Waals surface area contributed by atoms with Gasteiger partial charge in [-0.15, -0.1) is 0 Å². The van der Waals surface area contributed by atoms with Gasteiger partial charge in [0.1, 0.15) is 15.9 Å². The quantitative estimate of drug-likeness (QED) is 0.880. The van der Waals surface area contributed by atoms with Gasteiger partial charge in [-0.1, -0.05) is 0 Å². The molecule has 1 heterocycles. The number of benzene rings is 1. The minimum absolute atomic E-state index is 0.0333. The monoisotopic (exact) mass is 364 g/mol. The minimum Gasteiger partial charge on any atom is -0.377 e. The summed E-state index contributed by atoms with van der Waals surface area (Å²) in [4.78, 5) is 16.0. The molecule has 1 atom stereocenters. The summed E-state index contributed by atoms with van der Waals surface area (Å²) in [7, 11) is 0.743. The van der Waals surface area contributed by atoms with Crippen molar-refractivity contribution in [2.45, 2.75) is 13.3 Å². The molecule has 0 saturated carbocycles. The number of nitriles is 1. The van der Waals surface area contributed by atoms with E-state index in [0.29, 0.717) is 30.8 Å². The van der Waals surface area contributed by atoms with Crippen LogP contribution >= 0.6 is 0 Å². The highest BCUT2D eigenvalue weighted by Crippen LogP contribution is 2.27. The van der Waals surface area contributed by atoms with Gasteiger partial charge in [0.05, 0.1) is 17.0 Å². The number of nitrogens with zero attached hydrogens (tertiary/aromatic N) is 3. The molecule has 0 aliphatic carbocycles. The lowest BCUT2D eigenvalue weighted by Crippen LogP contribution is -2.34. The van der Waals surface area contributed by atoms with Crippen molar-refractivity contribution in [3.8, 4) is 6.07 Å². The molecule has 25 heavy (non-hydrogen) atoms. The van der Waals surface area contributed by atoms with Gasteiger partial charge in [0.2, 0.25) is 0 Å². The number of hydrogen-bond donors (Lipinski definition) is 1. The number of aryl methyl sites for hydroxylation is 1. The van der Waals surface area contributed by atoms with Crippen LogP contribution in [0.25, 0.3) is 0 Å². The fourth-order valence-electron chi connectivity index (χ4n) is 3.15. The van der Waals surface area contributed by atoms with Crippen molar-refractivity contribution in [2.24, 2.45) is 5.92 Å². The molecule has 2 rings (SSSR count). The molecule has 7 nitrogen and oxygen atoms in total. The van der Waals surface area contributed by atoms with Crippen molar-refractivity contribution in [2.75, 3.05) is 49.4 Å². The summed E-state index contributed by atoms with van der Waals surface area (Å²) in [6.45, 7) is 2.85. The molecule has 1 N–H and O–H groups in total. The molecule has 1 unspecified atom stereocenters. The van der Waals surface area contributed by atoms with Crippen LogP contribution in [-0.2, 0) is 9.84 Å². The van der Waals surface area contributed by atoms with Crippen LogP contribution in [0.3, 0.4) is 0 Å². The Labute approximate surface area is 149 Å². The molecule has 0 radical (unpaired) electrons. The van der Waals surface area contributed by atoms with Crippen LogP contribution in [0.4, 0.5) is 16.2 Å². The fraction of sp³-hybridized carbons (Fsp3) is 0.529. The lowest BCUT2D eigenvalue weighted by molar-refractivity contribution is 0.221. The smallest absolute Gasteiger partial charge is 0.321 e. The number of amides is 2. The third kappa shape index (κ3) is 4.86. The van der Waals surface area contributed by atoms with Gasteiger partial charge in [-0.2, -0.15) is 5.26 Å². The maximum atomic E-state index is 12.5. The molecule has 1 aliphatic heterocycles. The normalized spacial score (nSPS) is 17.2. The zero-order chi connectivity index (χ0) is 18.8. The lowest BCUT2D eigenvalue weighted by atomic mass is 10.1. The Morgan fingerprint density at radius 3 is 2.68 bits per heavy atom. The van der Waals surface area contributed by atoms with E-state index >= 15 is 0 Å². The van der Waals surface area contributed by atoms with Crippen LogP contribution in [0.2, 0.25) is 0 Å². The Kier molecular flexibility index (Phi) is 5.58. The second-order valence-electron chi connectivity index (χ2n) is 6.81. The predicted molar refractivity (Wildman–Crippen MR) is 98.6 cm³/mol. The van der Waals surface area contributed by atoms with Gasteiger partial charge < -0.3 is 15.1 Å². The third-order valence-electron chi connectivity index (χ3n) is 4.29. The molecule has 8 heteroatoms. The highest BCUT2D eigenvalue weighted by atomic mass is 32.2. The van der Waals surface area contributed by atoms with Crippen molar-refractivity contribution in [1.82, 2.24) is 4.90 Å². The van der Waals surface area contributed by atoms with E-state index in [0.717, 1.165) is 11.3 Å². The lowest BCUT2D eigenvalue weighted by Gasteiger charge is -2.20. The summed E-state index contributed by atoms with van der Waals surface area (Å²) in [5, 5.41) is 12.2. The van der Waals surface area contributed by atoms with E-state index in [2.05, 4.69) is 11.4 Å². The van der Waals surface area contributed by atoms with Gasteiger partial charge in [-0.25, -0.2) is 13.2 Å². The molecule has 2 amide bonds. The Bertz CT molecular complexity index is 812. The van der Waals surface area contributed by atoms with E-state index in [1.54, 1.807) is 17.0 Å². The summed E-state index contributed by atoms with van der Waals surface area (Å²) >= 11 is 0. The Balaban J connectivity index is 2.11. The number of carbonyl (C=O) groups excluding carboxylic acids is 1. The van der Waals surface area contributed by atoms with Gasteiger partial charge in [-0.3, -0.25) is 0 Å². The SMILES string of the molecule is Cc1cc(NC(=O)N2CCC(CS(C)(=O)=O)C2)c(C#N)cc1N(C)C. The highest BCUT2D eigenvalue weighted by molar-refractivity contribution is 7.90. The number of carbonyl (C=O) groups is 1. The first kappa shape index (κ1) is 19.1. The van der Waals surface area contributed by atoms with Crippen LogP contribution in [-0.4, -0.2) is 58.5 Å². The molecule has 0 aromatic heterocycles. The topological polar surface area (TPSA) is 93.5 Å². The summed E-state index contributed by atoms with van der Waals surface area (Å²) in [5.74, 6) is 0.0608. The van der Waals surface area contributed by atoms with Crippen molar-refractivity contribution in [1.29, 1.82) is 5.26 Å². The van der Waals surface area contributed by atoms with Gasteiger partial charge in [0, 0.05) is 39.1 Å². The van der Waals surface area contributed by atoms with Crippen LogP contribution < -0.4 is 10.2 Å². The zero-order valence-electron chi connectivity index (χ0n) is 15.0. The number of likely N-dealkylation sites (tertiary alicyclic amines) is 1. The Morgan fingerprint density at radius 1 is 1.44 bits per heavy atom. The Hall–Kier alpha value is -2.27. The number of hydrogen-bond acceptors (Lipinski definition) is 5. The molecule has 0 spiro atoms. The van der Waals surface area contributed by atoms with Gasteiger partial charge >= 0.3 is 6.03 Å². The number of rotatable bonds is 4. The number of nitrogens with one attached hydrogen (secondary N) is 1. The largest absolute Gasteiger partial charge is 0.377 e. The number of sulfone groups is 1. The standard InChI is InChI=1S/C17H24N4O3S/c1-12-7-15(14(9-18)8-16(12)20(2)3)19-17(22)21-6-5-13(10-21)11-25(4,23)24/h7-8,13H,5-6,10-11H2,1-4H3,(H,19,22). The van der Waals surface area contributed by atoms with Gasteiger partial charge in [-0.05, 0) is 37.0 Å². The third-order valence-corrected chi connectivity index (χ3v) is 5.37. The van der Waals surface area contributed by atoms with Crippen LogP contribution in [0.15, 0.2) is 12.1 Å². The molecule has 1 fully saturated rings. The molecular formula is C17H24N4O3S. The van der Waals surface area contributed by atoms with Gasteiger partial charge in [0.15, 0.2) is 0 Å². The summed E-state index contributed by atoms with van der Waals surface area (Å²) in [6, 6.07) is 5.35. The van der Waals surface area contributed by atoms with Crippen molar-refractivity contribution in [3.63, 3.8) is 0 Å². The maximum Gasteiger partial charge on any atom is 0.321 e. The number of anilines is 2. The van der Waals surface area contributed by atoms with E-state index in [1.807, 2.05) is 25.9 Å².